The predicted octanol–water partition coefficient (Wildman–Crippen LogP) is 6.92. The van der Waals surface area contributed by atoms with E-state index in [9.17, 15) is 19.5 Å². The number of alkyl carbamates (subject to hydrolysis) is 1. The molecule has 3 N–H and O–H groups in total. The summed E-state index contributed by atoms with van der Waals surface area (Å²) in [4.78, 5) is 46.1. The largest absolute Gasteiger partial charge is 0.480 e. The number of hydrogen-bond acceptors (Lipinski definition) is 6. The van der Waals surface area contributed by atoms with Gasteiger partial charge in [0.2, 0.25) is 5.91 Å². The Kier molecular flexibility index (Phi) is 11.3. The average Bonchev–Trinajstić information content (AvgIpc) is 3.11. The Hall–Kier alpha value is -5.05. The van der Waals surface area contributed by atoms with Crippen molar-refractivity contribution in [2.75, 3.05) is 0 Å². The van der Waals surface area contributed by atoms with Crippen molar-refractivity contribution in [3.05, 3.63) is 108 Å². The molecule has 9 heteroatoms. The number of ether oxygens (including phenoxy) is 1. The molecule has 2 atom stereocenters. The summed E-state index contributed by atoms with van der Waals surface area (Å²) < 4.78 is 5.30. The van der Waals surface area contributed by atoms with Crippen LogP contribution in [0, 0.1) is 5.92 Å². The predicted molar refractivity (Wildman–Crippen MR) is 180 cm³/mol. The number of nitrogens with zero attached hydrogens (tertiary/aromatic N) is 2. The van der Waals surface area contributed by atoms with Crippen LogP contribution < -0.4 is 10.6 Å². The van der Waals surface area contributed by atoms with Gasteiger partial charge in [-0.15, -0.1) is 0 Å². The molecule has 1 saturated carbocycles. The molecule has 3 aromatic carbocycles. The van der Waals surface area contributed by atoms with Crippen molar-refractivity contribution in [3.8, 4) is 22.5 Å². The smallest absolute Gasteiger partial charge is 0.408 e. The molecule has 244 valence electrons. The summed E-state index contributed by atoms with van der Waals surface area (Å²) in [6.07, 6.45) is 9.45. The molecule has 1 aliphatic rings. The van der Waals surface area contributed by atoms with E-state index in [0.29, 0.717) is 11.7 Å². The van der Waals surface area contributed by atoms with Crippen LogP contribution in [0.5, 0.6) is 0 Å². The topological polar surface area (TPSA) is 131 Å². The van der Waals surface area contributed by atoms with Gasteiger partial charge in [-0.2, -0.15) is 0 Å². The number of carboxylic acid groups (broad SMARTS) is 1. The normalized spacial score (nSPS) is 17.2. The van der Waals surface area contributed by atoms with Crippen molar-refractivity contribution in [2.45, 2.75) is 77.0 Å². The summed E-state index contributed by atoms with van der Waals surface area (Å²) in [7, 11) is 0. The van der Waals surface area contributed by atoms with Gasteiger partial charge in [-0.3, -0.25) is 9.59 Å². The molecular weight excluding hydrogens is 592 g/mol. The van der Waals surface area contributed by atoms with E-state index in [1.807, 2.05) is 67.0 Å². The Balaban J connectivity index is 1.21. The van der Waals surface area contributed by atoms with Crippen molar-refractivity contribution in [2.24, 2.45) is 5.92 Å². The van der Waals surface area contributed by atoms with E-state index in [-0.39, 0.29) is 13.0 Å². The van der Waals surface area contributed by atoms with E-state index in [0.717, 1.165) is 33.7 Å². The highest BCUT2D eigenvalue weighted by molar-refractivity contribution is 5.89. The maximum absolute atomic E-state index is 13.0. The molecule has 0 aliphatic heterocycles. The number of carbonyl (C=O) groups excluding carboxylic acids is 2. The Morgan fingerprint density at radius 2 is 1.45 bits per heavy atom. The lowest BCUT2D eigenvalue weighted by Gasteiger charge is -2.28. The third-order valence-corrected chi connectivity index (χ3v) is 8.99. The van der Waals surface area contributed by atoms with Crippen LogP contribution in [0.25, 0.3) is 22.5 Å². The number of amides is 2. The van der Waals surface area contributed by atoms with E-state index < -0.39 is 30.1 Å². The van der Waals surface area contributed by atoms with E-state index in [2.05, 4.69) is 51.8 Å². The van der Waals surface area contributed by atoms with Gasteiger partial charge < -0.3 is 20.5 Å². The standard InChI is InChI=1S/C38H42N4O5/c1-3-26-9-13-29(14-10-26)30-17-19-31(20-18-30)33-22-39-35(40-23-33)32-15-11-27(12-16-32)21-34(36(43)41-25(2)37(44)45)42-38(46)47-24-28-7-5-4-6-8-28/h4-8,11-12,15-20,22-23,25-26,29,34H,3,9-10,13-14,21,24H2,1-2H3,(H,41,43)(H,42,46)(H,44,45)/t25?,26?,29?,34-/m0/s1. The zero-order valence-corrected chi connectivity index (χ0v) is 26.9. The molecule has 0 saturated heterocycles. The van der Waals surface area contributed by atoms with Crippen molar-refractivity contribution >= 4 is 18.0 Å². The Labute approximate surface area is 275 Å². The molecule has 0 radical (unpaired) electrons. The van der Waals surface area contributed by atoms with Gasteiger partial charge in [0.05, 0.1) is 0 Å². The molecule has 1 aromatic heterocycles. The lowest BCUT2D eigenvalue weighted by atomic mass is 9.78. The van der Waals surface area contributed by atoms with Gasteiger partial charge >= 0.3 is 12.1 Å². The summed E-state index contributed by atoms with van der Waals surface area (Å²) in [5.41, 5.74) is 5.78. The minimum absolute atomic E-state index is 0.0330. The summed E-state index contributed by atoms with van der Waals surface area (Å²) in [5.74, 6) is 0.290. The third kappa shape index (κ3) is 9.25. The fourth-order valence-electron chi connectivity index (χ4n) is 6.00. The molecule has 1 fully saturated rings. The maximum Gasteiger partial charge on any atom is 0.408 e. The maximum atomic E-state index is 13.0. The molecule has 47 heavy (non-hydrogen) atoms. The third-order valence-electron chi connectivity index (χ3n) is 8.99. The van der Waals surface area contributed by atoms with Crippen molar-refractivity contribution in [1.29, 1.82) is 0 Å². The SMILES string of the molecule is CCC1CCC(c2ccc(-c3cnc(-c4ccc(C[C@H](NC(=O)OCc5ccccc5)C(=O)NC(C)C(=O)O)cc4)nc3)cc2)CC1. The van der Waals surface area contributed by atoms with Gasteiger partial charge in [0, 0.05) is 29.9 Å². The number of aromatic nitrogens is 2. The Bertz CT molecular complexity index is 1620. The van der Waals surface area contributed by atoms with Crippen molar-refractivity contribution in [1.82, 2.24) is 20.6 Å². The highest BCUT2D eigenvalue weighted by Gasteiger charge is 2.25. The van der Waals surface area contributed by atoms with Gasteiger partial charge in [-0.25, -0.2) is 14.8 Å². The van der Waals surface area contributed by atoms with E-state index in [1.165, 1.54) is 44.6 Å². The molecule has 0 bridgehead atoms. The van der Waals surface area contributed by atoms with Crippen molar-refractivity contribution in [3.63, 3.8) is 0 Å². The van der Waals surface area contributed by atoms with Crippen molar-refractivity contribution < 1.29 is 24.2 Å². The summed E-state index contributed by atoms with van der Waals surface area (Å²) in [6, 6.07) is 23.2. The van der Waals surface area contributed by atoms with Crippen LogP contribution in [0.15, 0.2) is 91.3 Å². The first kappa shape index (κ1) is 33.3. The molecule has 9 nitrogen and oxygen atoms in total. The molecule has 0 spiro atoms. The first-order valence-corrected chi connectivity index (χ1v) is 16.3. The zero-order valence-electron chi connectivity index (χ0n) is 26.9. The van der Waals surface area contributed by atoms with Crippen LogP contribution in [-0.2, 0) is 27.4 Å². The monoisotopic (exact) mass is 634 g/mol. The number of hydrogen-bond donors (Lipinski definition) is 3. The quantitative estimate of drug-likeness (QED) is 0.154. The lowest BCUT2D eigenvalue weighted by Crippen LogP contribution is -2.51. The highest BCUT2D eigenvalue weighted by atomic mass is 16.5. The van der Waals surface area contributed by atoms with Crippen LogP contribution in [0.3, 0.4) is 0 Å². The molecule has 1 heterocycles. The van der Waals surface area contributed by atoms with Crippen LogP contribution in [-0.4, -0.2) is 45.1 Å². The second-order valence-electron chi connectivity index (χ2n) is 12.3. The molecule has 2 amide bonds. The fourth-order valence-corrected chi connectivity index (χ4v) is 6.00. The first-order chi connectivity index (χ1) is 22.8. The zero-order chi connectivity index (χ0) is 33.2. The minimum atomic E-state index is -1.18. The van der Waals surface area contributed by atoms with Gasteiger partial charge in [-0.05, 0) is 66.7 Å². The lowest BCUT2D eigenvalue weighted by molar-refractivity contribution is -0.141. The number of aliphatic carboxylic acids is 1. The summed E-state index contributed by atoms with van der Waals surface area (Å²) in [6.45, 7) is 3.69. The molecule has 1 unspecified atom stereocenters. The van der Waals surface area contributed by atoms with Gasteiger partial charge in [0.25, 0.3) is 0 Å². The summed E-state index contributed by atoms with van der Waals surface area (Å²) in [5, 5.41) is 14.3. The minimum Gasteiger partial charge on any atom is -0.480 e. The second kappa shape index (κ2) is 16.0. The Morgan fingerprint density at radius 1 is 0.809 bits per heavy atom. The summed E-state index contributed by atoms with van der Waals surface area (Å²) >= 11 is 0. The van der Waals surface area contributed by atoms with Crippen LogP contribution in [0.4, 0.5) is 4.79 Å². The molecular formula is C38H42N4O5. The molecule has 1 aliphatic carbocycles. The molecule has 4 aromatic rings. The van der Waals surface area contributed by atoms with E-state index in [4.69, 9.17) is 4.74 Å². The number of benzene rings is 3. The average molecular weight is 635 g/mol. The first-order valence-electron chi connectivity index (χ1n) is 16.3. The fraction of sp³-hybridized carbons (Fsp3) is 0.342. The number of carbonyl (C=O) groups is 3. The van der Waals surface area contributed by atoms with Crippen LogP contribution >= 0.6 is 0 Å². The molecule has 5 rings (SSSR count). The second-order valence-corrected chi connectivity index (χ2v) is 12.3. The highest BCUT2D eigenvalue weighted by Crippen LogP contribution is 2.37. The van der Waals surface area contributed by atoms with Crippen LogP contribution in [0.2, 0.25) is 0 Å². The number of rotatable bonds is 12. The van der Waals surface area contributed by atoms with E-state index >= 15 is 0 Å². The van der Waals surface area contributed by atoms with Gasteiger partial charge in [0.15, 0.2) is 5.82 Å². The Morgan fingerprint density at radius 3 is 2.06 bits per heavy atom. The van der Waals surface area contributed by atoms with Gasteiger partial charge in [-0.1, -0.05) is 92.2 Å². The number of nitrogens with one attached hydrogen (secondary N) is 2. The van der Waals surface area contributed by atoms with Gasteiger partial charge in [0.1, 0.15) is 18.7 Å². The van der Waals surface area contributed by atoms with Crippen LogP contribution in [0.1, 0.15) is 68.6 Å². The number of carboxylic acids is 1. The van der Waals surface area contributed by atoms with E-state index in [1.54, 1.807) is 0 Å².